The zero-order valence-corrected chi connectivity index (χ0v) is 5.14. The van der Waals surface area contributed by atoms with Crippen LogP contribution in [-0.2, 0) is 0 Å². The second kappa shape index (κ2) is 1.37. The van der Waals surface area contributed by atoms with Gasteiger partial charge in [-0.2, -0.15) is 0 Å². The molecule has 0 spiro atoms. The largest absolute Gasteiger partial charge is 0.103 e. The van der Waals surface area contributed by atoms with E-state index in [0.29, 0.717) is 0 Å². The van der Waals surface area contributed by atoms with Crippen LogP contribution in [-0.4, -0.2) is 0 Å². The highest BCUT2D eigenvalue weighted by molar-refractivity contribution is 5.08. The molecule has 0 bridgehead atoms. The Hall–Kier alpha value is -0.260. The van der Waals surface area contributed by atoms with E-state index in [1.54, 1.807) is 0 Å². The molecule has 0 radical (unpaired) electrons. The smallest absolute Gasteiger partial charge is 0.0174 e. The van der Waals surface area contributed by atoms with Gasteiger partial charge in [0.2, 0.25) is 0 Å². The third kappa shape index (κ3) is 0.410. The average Bonchev–Trinajstić information content (AvgIpc) is 2.22. The Morgan fingerprint density at radius 1 is 1.25 bits per heavy atom. The summed E-state index contributed by atoms with van der Waals surface area (Å²) in [5.74, 6) is 3.09. The van der Waals surface area contributed by atoms with E-state index in [0.717, 1.165) is 17.8 Å². The molecule has 0 saturated heterocycles. The molecule has 0 heteroatoms. The van der Waals surface area contributed by atoms with Gasteiger partial charge in [-0.25, -0.2) is 0 Å². The van der Waals surface area contributed by atoms with Crippen molar-refractivity contribution < 1.29 is 0 Å². The van der Waals surface area contributed by atoms with Gasteiger partial charge in [-0.3, -0.25) is 0 Å². The van der Waals surface area contributed by atoms with E-state index in [2.05, 4.69) is 12.7 Å². The summed E-state index contributed by atoms with van der Waals surface area (Å²) in [6, 6.07) is 0. The average molecular weight is 108 g/mol. The fourth-order valence-electron chi connectivity index (χ4n) is 2.23. The minimum atomic E-state index is 0.934. The zero-order valence-electron chi connectivity index (χ0n) is 5.14. The van der Waals surface area contributed by atoms with Crippen LogP contribution >= 0.6 is 0 Å². The van der Waals surface area contributed by atoms with E-state index in [-0.39, 0.29) is 0 Å². The highest BCUT2D eigenvalue weighted by Gasteiger charge is 2.50. The number of allylic oxidation sites excluding steroid dienone is 1. The molecule has 2 unspecified atom stereocenters. The van der Waals surface area contributed by atoms with E-state index >= 15 is 0 Å². The van der Waals surface area contributed by atoms with Crippen LogP contribution in [0.2, 0.25) is 0 Å². The van der Waals surface area contributed by atoms with Crippen molar-refractivity contribution in [3.63, 3.8) is 0 Å². The molecular weight excluding hydrogens is 96.1 g/mol. The van der Waals surface area contributed by atoms with E-state index in [9.17, 15) is 0 Å². The standard InChI is InChI=1S/C8H12/c1-2-6-7-4-3-5-8(6)7/h2,6-8H,1,3-5H2. The van der Waals surface area contributed by atoms with Crippen LogP contribution in [0, 0.1) is 17.8 Å². The van der Waals surface area contributed by atoms with Crippen LogP contribution in [0.15, 0.2) is 12.7 Å². The molecule has 2 saturated carbocycles. The Kier molecular flexibility index (Phi) is 0.787. The highest BCUT2D eigenvalue weighted by atomic mass is 14.5. The first-order valence-electron chi connectivity index (χ1n) is 3.56. The van der Waals surface area contributed by atoms with Crippen LogP contribution in [0.3, 0.4) is 0 Å². The van der Waals surface area contributed by atoms with Crippen LogP contribution < -0.4 is 0 Å². The third-order valence-electron chi connectivity index (χ3n) is 2.74. The Morgan fingerprint density at radius 3 is 2.25 bits per heavy atom. The second-order valence-electron chi connectivity index (χ2n) is 3.07. The van der Waals surface area contributed by atoms with Crippen molar-refractivity contribution in [3.8, 4) is 0 Å². The number of rotatable bonds is 1. The summed E-state index contributed by atoms with van der Waals surface area (Å²) in [5.41, 5.74) is 0. The fraction of sp³-hybridized carbons (Fsp3) is 0.750. The highest BCUT2D eigenvalue weighted by Crippen LogP contribution is 2.57. The first-order valence-corrected chi connectivity index (χ1v) is 3.56. The van der Waals surface area contributed by atoms with Gasteiger partial charge in [-0.15, -0.1) is 6.58 Å². The normalized spacial score (nSPS) is 50.8. The van der Waals surface area contributed by atoms with Crippen molar-refractivity contribution in [2.45, 2.75) is 19.3 Å². The maximum absolute atomic E-state index is 3.81. The van der Waals surface area contributed by atoms with Gasteiger partial charge >= 0.3 is 0 Å². The lowest BCUT2D eigenvalue weighted by Gasteiger charge is -1.91. The van der Waals surface area contributed by atoms with Gasteiger partial charge in [0.15, 0.2) is 0 Å². The molecule has 0 aliphatic heterocycles. The second-order valence-corrected chi connectivity index (χ2v) is 3.07. The predicted molar refractivity (Wildman–Crippen MR) is 34.5 cm³/mol. The number of fused-ring (bicyclic) bond motifs is 1. The summed E-state index contributed by atoms with van der Waals surface area (Å²) in [6.07, 6.45) is 6.61. The molecule has 2 rings (SSSR count). The van der Waals surface area contributed by atoms with Gasteiger partial charge in [0, 0.05) is 0 Å². The Morgan fingerprint density at radius 2 is 1.88 bits per heavy atom. The molecule has 0 aromatic heterocycles. The van der Waals surface area contributed by atoms with Crippen LogP contribution in [0.1, 0.15) is 19.3 Å². The summed E-state index contributed by atoms with van der Waals surface area (Å²) >= 11 is 0. The monoisotopic (exact) mass is 108 g/mol. The summed E-state index contributed by atoms with van der Waals surface area (Å²) in [6.45, 7) is 3.81. The third-order valence-corrected chi connectivity index (χ3v) is 2.74. The lowest BCUT2D eigenvalue weighted by atomic mass is 10.1. The summed E-state index contributed by atoms with van der Waals surface area (Å²) in [5, 5.41) is 0. The maximum atomic E-state index is 3.81. The quantitative estimate of drug-likeness (QED) is 0.452. The Bertz CT molecular complexity index is 105. The fourth-order valence-corrected chi connectivity index (χ4v) is 2.23. The predicted octanol–water partition coefficient (Wildman–Crippen LogP) is 2.22. The number of hydrogen-bond donors (Lipinski definition) is 0. The molecule has 0 aromatic rings. The van der Waals surface area contributed by atoms with Gasteiger partial charge in [-0.1, -0.05) is 12.5 Å². The van der Waals surface area contributed by atoms with E-state index in [4.69, 9.17) is 0 Å². The van der Waals surface area contributed by atoms with Crippen LogP contribution in [0.5, 0.6) is 0 Å². The molecule has 0 amide bonds. The lowest BCUT2D eigenvalue weighted by molar-refractivity contribution is 0.666. The number of hydrogen-bond acceptors (Lipinski definition) is 0. The van der Waals surface area contributed by atoms with Crippen LogP contribution in [0.25, 0.3) is 0 Å². The van der Waals surface area contributed by atoms with Gasteiger partial charge < -0.3 is 0 Å². The maximum Gasteiger partial charge on any atom is -0.0174 e. The first kappa shape index (κ1) is 4.60. The summed E-state index contributed by atoms with van der Waals surface area (Å²) in [7, 11) is 0. The SMILES string of the molecule is C=CC1C2CCCC12. The molecule has 8 heavy (non-hydrogen) atoms. The first-order chi connectivity index (χ1) is 3.93. The molecule has 0 heterocycles. The van der Waals surface area contributed by atoms with Crippen molar-refractivity contribution >= 4 is 0 Å². The van der Waals surface area contributed by atoms with Gasteiger partial charge in [0.05, 0.1) is 0 Å². The molecule has 0 N–H and O–H groups in total. The van der Waals surface area contributed by atoms with Crippen molar-refractivity contribution in [2.75, 3.05) is 0 Å². The van der Waals surface area contributed by atoms with E-state index in [1.807, 2.05) is 0 Å². The van der Waals surface area contributed by atoms with E-state index in [1.165, 1.54) is 19.3 Å². The molecule has 2 aliphatic rings. The van der Waals surface area contributed by atoms with E-state index < -0.39 is 0 Å². The summed E-state index contributed by atoms with van der Waals surface area (Å²) in [4.78, 5) is 0. The molecule has 2 fully saturated rings. The van der Waals surface area contributed by atoms with Crippen molar-refractivity contribution in [1.82, 2.24) is 0 Å². The van der Waals surface area contributed by atoms with Crippen molar-refractivity contribution in [3.05, 3.63) is 12.7 Å². The molecule has 0 aromatic carbocycles. The van der Waals surface area contributed by atoms with Crippen molar-refractivity contribution in [1.29, 1.82) is 0 Å². The van der Waals surface area contributed by atoms with Crippen LogP contribution in [0.4, 0.5) is 0 Å². The molecule has 2 atom stereocenters. The van der Waals surface area contributed by atoms with Gasteiger partial charge in [0.1, 0.15) is 0 Å². The molecule has 2 aliphatic carbocycles. The molecule has 44 valence electrons. The minimum absolute atomic E-state index is 0.934. The molecule has 0 nitrogen and oxygen atoms in total. The Balaban J connectivity index is 2.03. The summed E-state index contributed by atoms with van der Waals surface area (Å²) < 4.78 is 0. The topological polar surface area (TPSA) is 0 Å². The zero-order chi connectivity index (χ0) is 5.56. The van der Waals surface area contributed by atoms with Crippen molar-refractivity contribution in [2.24, 2.45) is 17.8 Å². The lowest BCUT2D eigenvalue weighted by Crippen LogP contribution is -1.79. The minimum Gasteiger partial charge on any atom is -0.103 e. The van der Waals surface area contributed by atoms with Gasteiger partial charge in [-0.05, 0) is 30.6 Å². The molecular formula is C8H12. The van der Waals surface area contributed by atoms with Gasteiger partial charge in [0.25, 0.3) is 0 Å². The Labute approximate surface area is 50.6 Å².